The van der Waals surface area contributed by atoms with Crippen LogP contribution in [0.1, 0.15) is 91.2 Å². The molecule has 3 aliphatic carbocycles. The summed E-state index contributed by atoms with van der Waals surface area (Å²) in [5, 5.41) is 0. The molecule has 2 aromatic rings. The predicted molar refractivity (Wildman–Crippen MR) is 179 cm³/mol. The fraction of sp³-hybridized carbons (Fsp3) is 0.625. The van der Waals surface area contributed by atoms with Crippen LogP contribution in [-0.4, -0.2) is 39.0 Å². The Hall–Kier alpha value is -2.31. The smallest absolute Gasteiger partial charge is 0.148 e. The van der Waals surface area contributed by atoms with Gasteiger partial charge in [-0.3, -0.25) is 0 Å². The van der Waals surface area contributed by atoms with E-state index >= 15 is 0 Å². The Balaban J connectivity index is 1.48. The third-order valence-electron chi connectivity index (χ3n) is 12.8. The first kappa shape index (κ1) is 34.0. The third kappa shape index (κ3) is 6.35. The quantitative estimate of drug-likeness (QED) is 0.128. The van der Waals surface area contributed by atoms with E-state index in [4.69, 9.17) is 18.9 Å². The second-order valence-electron chi connectivity index (χ2n) is 15.3. The van der Waals surface area contributed by atoms with Gasteiger partial charge in [-0.25, -0.2) is 0 Å². The maximum absolute atomic E-state index is 12.5. The number of hydrogen-bond donors (Lipinski definition) is 0. The Labute approximate surface area is 272 Å². The first-order chi connectivity index (χ1) is 21.5. The number of rotatable bonds is 13. The molecule has 0 amide bonds. The summed E-state index contributed by atoms with van der Waals surface area (Å²) < 4.78 is 24.7. The lowest BCUT2D eigenvalue weighted by Gasteiger charge is -2.69. The highest BCUT2D eigenvalue weighted by Crippen LogP contribution is 2.73. The standard InChI is InChI=1S/C40H56O5/c1-29-22-35-38(5)20-19-36(44-26-32-16-12-9-13-17-32)37(3,4)34(38)18-21-39(35,6)40(30(29)2,23-33(24-41)45-28-42-7)27-43-25-31-14-10-8-11-15-31/h8-17,24,33-36H,18-23,25-28H2,1-7H3/t33?,34-,35+,36-,38-,39+,40+/m1/s1. The zero-order chi connectivity index (χ0) is 32.3. The molecule has 0 aliphatic heterocycles. The summed E-state index contributed by atoms with van der Waals surface area (Å²) in [4.78, 5) is 12.5. The van der Waals surface area contributed by atoms with Gasteiger partial charge in [-0.05, 0) is 91.6 Å². The normalized spacial score (nSPS) is 33.3. The van der Waals surface area contributed by atoms with Crippen molar-refractivity contribution in [3.05, 3.63) is 82.9 Å². The van der Waals surface area contributed by atoms with Crippen molar-refractivity contribution in [3.63, 3.8) is 0 Å². The first-order valence-corrected chi connectivity index (χ1v) is 17.0. The average Bonchev–Trinajstić information content (AvgIpc) is 3.03. The number of hydrogen-bond acceptors (Lipinski definition) is 5. The van der Waals surface area contributed by atoms with E-state index in [9.17, 15) is 4.79 Å². The lowest BCUT2D eigenvalue weighted by Crippen LogP contribution is -2.64. The summed E-state index contributed by atoms with van der Waals surface area (Å²) >= 11 is 0. The SMILES string of the molecule is COCOC(C=O)C[C@]1(COCc2ccccc2)C(C)=C(C)C[C@H]2[C@]3(C)CC[C@@H](OCc4ccccc4)C(C)(C)[C@H]3CC[C@@]21C. The van der Waals surface area contributed by atoms with Gasteiger partial charge >= 0.3 is 0 Å². The summed E-state index contributed by atoms with van der Waals surface area (Å²) in [6.07, 6.45) is 6.75. The van der Waals surface area contributed by atoms with Crippen LogP contribution in [0.5, 0.6) is 0 Å². The van der Waals surface area contributed by atoms with E-state index in [-0.39, 0.29) is 34.6 Å². The summed E-state index contributed by atoms with van der Waals surface area (Å²) in [5.74, 6) is 0.996. The van der Waals surface area contributed by atoms with Gasteiger partial charge in [0.25, 0.3) is 0 Å². The van der Waals surface area contributed by atoms with Crippen molar-refractivity contribution in [1.29, 1.82) is 0 Å². The molecule has 3 aliphatic rings. The number of fused-ring (bicyclic) bond motifs is 3. The van der Waals surface area contributed by atoms with E-state index in [1.807, 2.05) is 6.07 Å². The van der Waals surface area contributed by atoms with Gasteiger partial charge in [0.15, 0.2) is 0 Å². The second kappa shape index (κ2) is 13.8. The average molecular weight is 617 g/mol. The lowest BCUT2D eigenvalue weighted by molar-refractivity contribution is -0.220. The van der Waals surface area contributed by atoms with Crippen molar-refractivity contribution in [2.24, 2.45) is 33.5 Å². The summed E-state index contributed by atoms with van der Waals surface area (Å²) in [7, 11) is 1.61. The Morgan fingerprint density at radius 3 is 2.13 bits per heavy atom. The van der Waals surface area contributed by atoms with Crippen LogP contribution in [0.3, 0.4) is 0 Å². The lowest BCUT2D eigenvalue weighted by atomic mass is 9.35. The Morgan fingerprint density at radius 1 is 0.867 bits per heavy atom. The molecule has 0 heterocycles. The van der Waals surface area contributed by atoms with Crippen LogP contribution in [0.15, 0.2) is 71.8 Å². The Kier molecular flexibility index (Phi) is 10.4. The van der Waals surface area contributed by atoms with Crippen LogP contribution in [0.4, 0.5) is 0 Å². The van der Waals surface area contributed by atoms with E-state index in [1.54, 1.807) is 7.11 Å². The monoisotopic (exact) mass is 616 g/mol. The van der Waals surface area contributed by atoms with Gasteiger partial charge < -0.3 is 23.7 Å². The Bertz CT molecular complexity index is 1300. The number of allylic oxidation sites excluding steroid dienone is 1. The van der Waals surface area contributed by atoms with Crippen molar-refractivity contribution in [1.82, 2.24) is 0 Å². The predicted octanol–water partition coefficient (Wildman–Crippen LogP) is 8.95. The fourth-order valence-electron chi connectivity index (χ4n) is 10.2. The van der Waals surface area contributed by atoms with Crippen LogP contribution in [0.2, 0.25) is 0 Å². The van der Waals surface area contributed by atoms with Crippen LogP contribution in [-0.2, 0) is 37.0 Å². The highest BCUT2D eigenvalue weighted by molar-refractivity contribution is 5.56. The molecular formula is C40H56O5. The molecule has 2 saturated carbocycles. The van der Waals surface area contributed by atoms with Crippen molar-refractivity contribution in [3.8, 4) is 0 Å². The van der Waals surface area contributed by atoms with E-state index < -0.39 is 6.10 Å². The molecule has 2 aromatic carbocycles. The number of aldehydes is 1. The molecule has 246 valence electrons. The van der Waals surface area contributed by atoms with Gasteiger partial charge in [0, 0.05) is 12.5 Å². The number of benzene rings is 2. The molecule has 5 nitrogen and oxygen atoms in total. The van der Waals surface area contributed by atoms with Gasteiger partial charge in [-0.15, -0.1) is 0 Å². The molecule has 45 heavy (non-hydrogen) atoms. The molecule has 0 radical (unpaired) electrons. The highest BCUT2D eigenvalue weighted by Gasteiger charge is 2.67. The number of methoxy groups -OCH3 is 1. The molecule has 0 bridgehead atoms. The largest absolute Gasteiger partial charge is 0.376 e. The minimum absolute atomic E-state index is 0.0482. The fourth-order valence-corrected chi connectivity index (χ4v) is 10.2. The minimum Gasteiger partial charge on any atom is -0.376 e. The topological polar surface area (TPSA) is 54.0 Å². The summed E-state index contributed by atoms with van der Waals surface area (Å²) in [6.45, 7) is 16.5. The van der Waals surface area contributed by atoms with Gasteiger partial charge in [0.1, 0.15) is 19.2 Å². The van der Waals surface area contributed by atoms with Crippen molar-refractivity contribution in [2.75, 3.05) is 20.5 Å². The van der Waals surface area contributed by atoms with E-state index in [2.05, 4.69) is 96.1 Å². The molecule has 0 spiro atoms. The maximum atomic E-state index is 12.5. The third-order valence-corrected chi connectivity index (χ3v) is 12.8. The van der Waals surface area contributed by atoms with Crippen molar-refractivity contribution in [2.45, 2.75) is 105 Å². The molecule has 5 rings (SSSR count). The molecule has 2 fully saturated rings. The summed E-state index contributed by atoms with van der Waals surface area (Å²) in [5.41, 5.74) is 5.01. The molecule has 5 heteroatoms. The van der Waals surface area contributed by atoms with Crippen molar-refractivity contribution < 1.29 is 23.7 Å². The minimum atomic E-state index is -0.562. The van der Waals surface area contributed by atoms with Crippen LogP contribution < -0.4 is 0 Å². The van der Waals surface area contributed by atoms with Gasteiger partial charge in [0.05, 0.1) is 25.9 Å². The zero-order valence-corrected chi connectivity index (χ0v) is 28.8. The van der Waals surface area contributed by atoms with E-state index in [0.29, 0.717) is 38.1 Å². The van der Waals surface area contributed by atoms with E-state index in [1.165, 1.54) is 16.7 Å². The van der Waals surface area contributed by atoms with E-state index in [0.717, 1.165) is 44.0 Å². The summed E-state index contributed by atoms with van der Waals surface area (Å²) in [6, 6.07) is 21.0. The van der Waals surface area contributed by atoms with Gasteiger partial charge in [-0.2, -0.15) is 0 Å². The Morgan fingerprint density at radius 2 is 1.51 bits per heavy atom. The zero-order valence-electron chi connectivity index (χ0n) is 28.8. The van der Waals surface area contributed by atoms with Gasteiger partial charge in [0.2, 0.25) is 0 Å². The van der Waals surface area contributed by atoms with Crippen molar-refractivity contribution >= 4 is 6.29 Å². The van der Waals surface area contributed by atoms with Crippen LogP contribution in [0.25, 0.3) is 0 Å². The van der Waals surface area contributed by atoms with Gasteiger partial charge in [-0.1, -0.05) is 99.5 Å². The number of carbonyl (C=O) groups excluding carboxylic acids is 1. The highest BCUT2D eigenvalue weighted by atomic mass is 16.7. The molecule has 0 saturated heterocycles. The molecular weight excluding hydrogens is 560 g/mol. The first-order valence-electron chi connectivity index (χ1n) is 17.0. The maximum Gasteiger partial charge on any atom is 0.148 e. The molecule has 7 atom stereocenters. The number of ether oxygens (including phenoxy) is 4. The molecule has 0 N–H and O–H groups in total. The molecule has 1 unspecified atom stereocenters. The molecule has 0 aromatic heterocycles. The van der Waals surface area contributed by atoms with Crippen LogP contribution in [0, 0.1) is 33.5 Å². The van der Waals surface area contributed by atoms with Crippen LogP contribution >= 0.6 is 0 Å². The number of carbonyl (C=O) groups is 1. The second-order valence-corrected chi connectivity index (χ2v) is 15.3.